The zero-order valence-electron chi connectivity index (χ0n) is 32.8. The summed E-state index contributed by atoms with van der Waals surface area (Å²) in [6, 6.07) is 34.6. The number of imide groups is 2. The molecule has 4 aliphatic rings. The Morgan fingerprint density at radius 1 is 0.684 bits per heavy atom. The molecule has 3 fully saturated rings. The quantitative estimate of drug-likeness (QED) is 0.118. The van der Waals surface area contributed by atoms with Crippen LogP contribution >= 0.6 is 0 Å². The number of benzene rings is 4. The monoisotopic (exact) mass is 764 g/mol. The van der Waals surface area contributed by atoms with Gasteiger partial charge in [-0.05, 0) is 134 Å². The Hall–Kier alpha value is -5.38. The number of piperidine rings is 3. The Labute approximate surface area is 335 Å². The van der Waals surface area contributed by atoms with Crippen molar-refractivity contribution in [3.05, 3.63) is 137 Å². The summed E-state index contributed by atoms with van der Waals surface area (Å²) in [4.78, 5) is 56.7. The highest BCUT2D eigenvalue weighted by Gasteiger charge is 2.45. The van der Waals surface area contributed by atoms with Gasteiger partial charge in [-0.1, -0.05) is 85.8 Å². The molecule has 4 heterocycles. The van der Waals surface area contributed by atoms with Gasteiger partial charge in [0.15, 0.2) is 0 Å². The Balaban J connectivity index is 0.783. The predicted octanol–water partition coefficient (Wildman–Crippen LogP) is 7.43. The fraction of sp³-hybridized carbons (Fsp3) is 0.375. The van der Waals surface area contributed by atoms with Crippen LogP contribution in [0.3, 0.4) is 0 Å². The van der Waals surface area contributed by atoms with E-state index in [-0.39, 0.29) is 18.7 Å². The molecular weight excluding hydrogens is 713 g/mol. The molecule has 3 saturated heterocycles. The molecule has 9 heteroatoms. The van der Waals surface area contributed by atoms with Crippen LogP contribution in [-0.2, 0) is 9.59 Å². The minimum Gasteiger partial charge on any atom is -0.492 e. The molecule has 1 N–H and O–H groups in total. The maximum atomic E-state index is 13.3. The molecule has 0 aromatic heterocycles. The molecular formula is C48H52N4O5. The van der Waals surface area contributed by atoms with Crippen LogP contribution in [0.15, 0.2) is 103 Å². The van der Waals surface area contributed by atoms with Crippen LogP contribution in [0, 0.1) is 5.92 Å². The summed E-state index contributed by atoms with van der Waals surface area (Å²) in [5.41, 5.74) is 8.05. The first-order chi connectivity index (χ1) is 27.9. The highest BCUT2D eigenvalue weighted by atomic mass is 16.5. The Morgan fingerprint density at radius 2 is 1.32 bits per heavy atom. The SMILES string of the molecule is CCC(=C(c1ccccc1)c1ccc(OCCN2CCC(CN3CCC(c4ccc5c(c4)C(=O)N(C4CCC(=O)NC4=O)C5=O)CC3)CC2)cc1)c1ccccc1. The summed E-state index contributed by atoms with van der Waals surface area (Å²) in [5, 5.41) is 2.26. The lowest BCUT2D eigenvalue weighted by Crippen LogP contribution is -2.54. The van der Waals surface area contributed by atoms with Gasteiger partial charge in [0.2, 0.25) is 11.8 Å². The van der Waals surface area contributed by atoms with Crippen LogP contribution in [0.1, 0.15) is 101 Å². The second kappa shape index (κ2) is 17.4. The summed E-state index contributed by atoms with van der Waals surface area (Å²) < 4.78 is 6.26. The third-order valence-electron chi connectivity index (χ3n) is 12.4. The number of nitrogens with zero attached hydrogens (tertiary/aromatic N) is 3. The standard InChI is InChI=1S/C48H52N4O5/c1-2-40(35-9-5-3-6-10-35)45(36-11-7-4-8-12-36)37-13-16-39(17-14-37)57-30-29-50-25-21-33(22-26-50)32-51-27-23-34(24-28-51)38-15-18-41-42(31-38)48(56)52(47(41)55)43-19-20-44(53)49-46(43)54/h3-18,31,33-34,43H,2,19-30,32H2,1H3,(H,49,53,54). The lowest BCUT2D eigenvalue weighted by atomic mass is 9.87. The molecule has 294 valence electrons. The largest absolute Gasteiger partial charge is 0.492 e. The van der Waals surface area contributed by atoms with E-state index in [2.05, 4.69) is 107 Å². The molecule has 0 aliphatic carbocycles. The van der Waals surface area contributed by atoms with E-state index >= 15 is 0 Å². The van der Waals surface area contributed by atoms with Crippen LogP contribution in [0.4, 0.5) is 0 Å². The number of allylic oxidation sites excluding steroid dienone is 1. The van der Waals surface area contributed by atoms with Crippen LogP contribution in [-0.4, -0.2) is 90.2 Å². The molecule has 9 nitrogen and oxygen atoms in total. The van der Waals surface area contributed by atoms with Gasteiger partial charge in [-0.2, -0.15) is 0 Å². The van der Waals surface area contributed by atoms with Crippen molar-refractivity contribution in [1.29, 1.82) is 0 Å². The van der Waals surface area contributed by atoms with Gasteiger partial charge in [0.05, 0.1) is 11.1 Å². The first-order valence-corrected chi connectivity index (χ1v) is 20.7. The van der Waals surface area contributed by atoms with E-state index in [4.69, 9.17) is 4.74 Å². The van der Waals surface area contributed by atoms with Crippen molar-refractivity contribution in [2.45, 2.75) is 63.8 Å². The van der Waals surface area contributed by atoms with Crippen LogP contribution in [0.5, 0.6) is 5.75 Å². The van der Waals surface area contributed by atoms with Crippen molar-refractivity contribution in [3.63, 3.8) is 0 Å². The van der Waals surface area contributed by atoms with E-state index in [1.807, 2.05) is 12.1 Å². The summed E-state index contributed by atoms with van der Waals surface area (Å²) in [6.07, 6.45) is 5.60. The first kappa shape index (κ1) is 38.5. The number of carbonyl (C=O) groups excluding carboxylic acids is 4. The summed E-state index contributed by atoms with van der Waals surface area (Å²) in [7, 11) is 0. The van der Waals surface area contributed by atoms with Crippen molar-refractivity contribution in [3.8, 4) is 5.75 Å². The normalized spacial score (nSPS) is 20.4. The van der Waals surface area contributed by atoms with Gasteiger partial charge in [0, 0.05) is 19.5 Å². The number of carbonyl (C=O) groups is 4. The minimum atomic E-state index is -0.942. The van der Waals surface area contributed by atoms with Crippen molar-refractivity contribution in [2.24, 2.45) is 5.92 Å². The second-order valence-corrected chi connectivity index (χ2v) is 15.9. The molecule has 0 bridgehead atoms. The molecule has 0 saturated carbocycles. The number of hydrogen-bond acceptors (Lipinski definition) is 7. The Morgan fingerprint density at radius 3 is 1.98 bits per heavy atom. The van der Waals surface area contributed by atoms with E-state index in [1.165, 1.54) is 40.7 Å². The van der Waals surface area contributed by atoms with E-state index < -0.39 is 23.8 Å². The molecule has 4 aromatic rings. The topological polar surface area (TPSA) is 99.3 Å². The molecule has 4 amide bonds. The van der Waals surface area contributed by atoms with E-state index in [1.54, 1.807) is 6.07 Å². The molecule has 0 radical (unpaired) electrons. The van der Waals surface area contributed by atoms with Crippen molar-refractivity contribution < 1.29 is 23.9 Å². The fourth-order valence-electron chi connectivity index (χ4n) is 9.24. The first-order valence-electron chi connectivity index (χ1n) is 20.7. The van der Waals surface area contributed by atoms with Gasteiger partial charge >= 0.3 is 0 Å². The van der Waals surface area contributed by atoms with Gasteiger partial charge in [0.25, 0.3) is 11.8 Å². The lowest BCUT2D eigenvalue weighted by molar-refractivity contribution is -0.136. The Kier molecular flexibility index (Phi) is 11.8. The molecule has 4 aromatic carbocycles. The number of hydrogen-bond donors (Lipinski definition) is 1. The van der Waals surface area contributed by atoms with Gasteiger partial charge in [-0.3, -0.25) is 34.3 Å². The van der Waals surface area contributed by atoms with Crippen LogP contribution < -0.4 is 10.1 Å². The predicted molar refractivity (Wildman–Crippen MR) is 222 cm³/mol. The number of ether oxygens (including phenoxy) is 1. The van der Waals surface area contributed by atoms with Gasteiger partial charge in [-0.15, -0.1) is 0 Å². The average Bonchev–Trinajstić information content (AvgIpc) is 3.49. The third kappa shape index (κ3) is 8.50. The van der Waals surface area contributed by atoms with Crippen LogP contribution in [0.25, 0.3) is 11.1 Å². The smallest absolute Gasteiger partial charge is 0.262 e. The number of fused-ring (bicyclic) bond motifs is 1. The minimum absolute atomic E-state index is 0.114. The molecule has 1 unspecified atom stereocenters. The van der Waals surface area contributed by atoms with Gasteiger partial charge in [-0.25, -0.2) is 0 Å². The zero-order chi connectivity index (χ0) is 39.3. The number of nitrogens with one attached hydrogen (secondary N) is 1. The maximum absolute atomic E-state index is 13.3. The molecule has 1 atom stereocenters. The lowest BCUT2D eigenvalue weighted by Gasteiger charge is -2.37. The summed E-state index contributed by atoms with van der Waals surface area (Å²) >= 11 is 0. The number of rotatable bonds is 12. The summed E-state index contributed by atoms with van der Waals surface area (Å²) in [6.45, 7) is 9.13. The number of likely N-dealkylation sites (tertiary alicyclic amines) is 2. The van der Waals surface area contributed by atoms with Gasteiger partial charge in [0.1, 0.15) is 18.4 Å². The zero-order valence-corrected chi connectivity index (χ0v) is 32.8. The van der Waals surface area contributed by atoms with E-state index in [0.29, 0.717) is 29.6 Å². The number of amides is 4. The van der Waals surface area contributed by atoms with E-state index in [0.717, 1.165) is 74.7 Å². The maximum Gasteiger partial charge on any atom is 0.262 e. The fourth-order valence-corrected chi connectivity index (χ4v) is 9.24. The molecule has 0 spiro atoms. The average molecular weight is 765 g/mol. The van der Waals surface area contributed by atoms with Crippen molar-refractivity contribution in [2.75, 3.05) is 45.9 Å². The summed E-state index contributed by atoms with van der Waals surface area (Å²) in [5.74, 6) is 0.0594. The second-order valence-electron chi connectivity index (χ2n) is 15.9. The van der Waals surface area contributed by atoms with Crippen molar-refractivity contribution >= 4 is 34.8 Å². The molecule has 57 heavy (non-hydrogen) atoms. The van der Waals surface area contributed by atoms with Crippen LogP contribution in [0.2, 0.25) is 0 Å². The van der Waals surface area contributed by atoms with E-state index in [9.17, 15) is 19.2 Å². The molecule has 8 rings (SSSR count). The highest BCUT2D eigenvalue weighted by molar-refractivity contribution is 6.23. The Bertz CT molecular complexity index is 2120. The highest BCUT2D eigenvalue weighted by Crippen LogP contribution is 2.36. The third-order valence-corrected chi connectivity index (χ3v) is 12.4. The van der Waals surface area contributed by atoms with Gasteiger partial charge < -0.3 is 9.64 Å². The van der Waals surface area contributed by atoms with Crippen molar-refractivity contribution in [1.82, 2.24) is 20.0 Å². The molecule has 4 aliphatic heterocycles.